The number of para-hydroxylation sites is 1. The van der Waals surface area contributed by atoms with E-state index >= 15 is 0 Å². The predicted molar refractivity (Wildman–Crippen MR) is 111 cm³/mol. The number of nitrogens with two attached hydrogens (primary N) is 1. The minimum Gasteiger partial charge on any atom is -0.368 e. The first-order valence-corrected chi connectivity index (χ1v) is 9.50. The number of H-pyrrole nitrogens is 1. The summed E-state index contributed by atoms with van der Waals surface area (Å²) in [6.45, 7) is 1.26. The highest BCUT2D eigenvalue weighted by molar-refractivity contribution is 5.92. The molecule has 0 fully saturated rings. The molecule has 1 heterocycles. The Hall–Kier alpha value is -3.68. The quantitative estimate of drug-likeness (QED) is 0.451. The average molecular weight is 410 g/mol. The molecule has 156 valence electrons. The first-order valence-electron chi connectivity index (χ1n) is 9.50. The number of hydrogen-bond acceptors (Lipinski definition) is 3. The lowest BCUT2D eigenvalue weighted by atomic mass is 10.0. The highest BCUT2D eigenvalue weighted by Crippen LogP contribution is 2.19. The lowest BCUT2D eigenvalue weighted by Gasteiger charge is -2.22. The van der Waals surface area contributed by atoms with Crippen molar-refractivity contribution in [2.75, 3.05) is 0 Å². The fourth-order valence-electron chi connectivity index (χ4n) is 3.35. The molecule has 2 atom stereocenters. The Morgan fingerprint density at radius 1 is 0.967 bits per heavy atom. The molecular weight excluding hydrogens is 387 g/mol. The van der Waals surface area contributed by atoms with Gasteiger partial charge in [-0.3, -0.25) is 14.4 Å². The lowest BCUT2D eigenvalue weighted by Crippen LogP contribution is -2.54. The van der Waals surface area contributed by atoms with Crippen LogP contribution < -0.4 is 16.4 Å². The summed E-state index contributed by atoms with van der Waals surface area (Å²) in [6, 6.07) is 11.5. The molecule has 8 heteroatoms. The van der Waals surface area contributed by atoms with E-state index in [0.29, 0.717) is 0 Å². The van der Waals surface area contributed by atoms with Gasteiger partial charge in [-0.05, 0) is 23.3 Å². The van der Waals surface area contributed by atoms with Crippen LogP contribution in [0.3, 0.4) is 0 Å². The van der Waals surface area contributed by atoms with Crippen LogP contribution in [0.5, 0.6) is 0 Å². The second-order valence-corrected chi connectivity index (χ2v) is 7.08. The standard InChI is InChI=1S/C22H23FN4O3/c1-13(28)26-20(10-14-6-2-4-8-17(14)23)22(30)27-19(21(24)29)11-15-12-25-18-9-5-3-7-16(15)18/h2-9,12,19-20,25H,10-11H2,1H3,(H2,24,29)(H,26,28)(H,27,30)/t19-,20+/m0/s1. The molecule has 0 aliphatic carbocycles. The largest absolute Gasteiger partial charge is 0.368 e. The van der Waals surface area contributed by atoms with Crippen LogP contribution in [0.15, 0.2) is 54.7 Å². The van der Waals surface area contributed by atoms with Gasteiger partial charge in [0.2, 0.25) is 17.7 Å². The van der Waals surface area contributed by atoms with Gasteiger partial charge in [0.1, 0.15) is 17.9 Å². The number of hydrogen-bond donors (Lipinski definition) is 4. The predicted octanol–water partition coefficient (Wildman–Crippen LogP) is 1.57. The van der Waals surface area contributed by atoms with Gasteiger partial charge in [-0.1, -0.05) is 36.4 Å². The number of rotatable bonds is 8. The highest BCUT2D eigenvalue weighted by atomic mass is 19.1. The van der Waals surface area contributed by atoms with E-state index in [2.05, 4.69) is 15.6 Å². The number of fused-ring (bicyclic) bond motifs is 1. The van der Waals surface area contributed by atoms with E-state index in [1.165, 1.54) is 25.1 Å². The molecule has 0 saturated heterocycles. The molecule has 2 aromatic carbocycles. The Kier molecular flexibility index (Phi) is 6.46. The molecule has 1 aromatic heterocycles. The number of carbonyl (C=O) groups is 3. The zero-order valence-corrected chi connectivity index (χ0v) is 16.4. The maximum Gasteiger partial charge on any atom is 0.243 e. The summed E-state index contributed by atoms with van der Waals surface area (Å²) in [5.41, 5.74) is 7.51. The zero-order valence-electron chi connectivity index (χ0n) is 16.4. The number of aromatic amines is 1. The van der Waals surface area contributed by atoms with Crippen molar-refractivity contribution in [2.24, 2.45) is 5.73 Å². The molecule has 0 aliphatic rings. The minimum atomic E-state index is -1.05. The van der Waals surface area contributed by atoms with Gasteiger partial charge < -0.3 is 21.4 Å². The Labute approximate surface area is 172 Å². The van der Waals surface area contributed by atoms with E-state index in [0.717, 1.165) is 16.5 Å². The van der Waals surface area contributed by atoms with Crippen molar-refractivity contribution in [1.82, 2.24) is 15.6 Å². The molecule has 3 amide bonds. The third-order valence-electron chi connectivity index (χ3n) is 4.83. The summed E-state index contributed by atoms with van der Waals surface area (Å²) >= 11 is 0. The van der Waals surface area contributed by atoms with Crippen LogP contribution in [-0.4, -0.2) is 34.8 Å². The van der Waals surface area contributed by atoms with E-state index in [4.69, 9.17) is 5.73 Å². The van der Waals surface area contributed by atoms with Crippen molar-refractivity contribution in [1.29, 1.82) is 0 Å². The average Bonchev–Trinajstić information content (AvgIpc) is 3.11. The maximum atomic E-state index is 14.0. The second kappa shape index (κ2) is 9.21. The van der Waals surface area contributed by atoms with Gasteiger partial charge in [0.05, 0.1) is 0 Å². The third-order valence-corrected chi connectivity index (χ3v) is 4.83. The van der Waals surface area contributed by atoms with Gasteiger partial charge >= 0.3 is 0 Å². The number of halogens is 1. The third kappa shape index (κ3) is 5.02. The van der Waals surface area contributed by atoms with Crippen molar-refractivity contribution in [3.63, 3.8) is 0 Å². The van der Waals surface area contributed by atoms with Crippen LogP contribution in [0.2, 0.25) is 0 Å². The molecule has 0 saturated carbocycles. The molecule has 7 nitrogen and oxygen atoms in total. The molecule has 5 N–H and O–H groups in total. The van der Waals surface area contributed by atoms with Crippen LogP contribution in [-0.2, 0) is 27.2 Å². The van der Waals surface area contributed by atoms with Crippen molar-refractivity contribution in [2.45, 2.75) is 31.8 Å². The summed E-state index contributed by atoms with van der Waals surface area (Å²) < 4.78 is 14.0. The molecule has 0 bridgehead atoms. The Morgan fingerprint density at radius 2 is 1.63 bits per heavy atom. The summed E-state index contributed by atoms with van der Waals surface area (Å²) in [5.74, 6) is -2.25. The van der Waals surface area contributed by atoms with Gasteiger partial charge in [-0.25, -0.2) is 4.39 Å². The van der Waals surface area contributed by atoms with Crippen molar-refractivity contribution in [3.05, 3.63) is 71.7 Å². The summed E-state index contributed by atoms with van der Waals surface area (Å²) in [4.78, 5) is 39.5. The monoisotopic (exact) mass is 410 g/mol. The fraction of sp³-hybridized carbons (Fsp3) is 0.227. The molecule has 0 spiro atoms. The van der Waals surface area contributed by atoms with Gasteiger partial charge in [0.25, 0.3) is 0 Å². The fourth-order valence-corrected chi connectivity index (χ4v) is 3.35. The van der Waals surface area contributed by atoms with E-state index in [1.54, 1.807) is 12.3 Å². The summed E-state index contributed by atoms with van der Waals surface area (Å²) in [7, 11) is 0. The molecule has 3 aromatic rings. The SMILES string of the molecule is CC(=O)N[C@H](Cc1ccccc1F)C(=O)N[C@@H](Cc1c[nH]c2ccccc12)C(N)=O. The zero-order chi connectivity index (χ0) is 21.7. The van der Waals surface area contributed by atoms with E-state index in [1.807, 2.05) is 24.3 Å². The lowest BCUT2D eigenvalue weighted by molar-refractivity contribution is -0.130. The highest BCUT2D eigenvalue weighted by Gasteiger charge is 2.26. The van der Waals surface area contributed by atoms with Gasteiger partial charge in [0.15, 0.2) is 0 Å². The van der Waals surface area contributed by atoms with Crippen molar-refractivity contribution < 1.29 is 18.8 Å². The molecule has 3 rings (SSSR count). The van der Waals surface area contributed by atoms with E-state index in [-0.39, 0.29) is 18.4 Å². The second-order valence-electron chi connectivity index (χ2n) is 7.08. The number of primary amides is 1. The Bertz CT molecular complexity index is 1080. The van der Waals surface area contributed by atoms with Gasteiger partial charge in [-0.15, -0.1) is 0 Å². The first kappa shape index (κ1) is 21.0. The Morgan fingerprint density at radius 3 is 2.33 bits per heavy atom. The number of amides is 3. The normalized spacial score (nSPS) is 12.9. The summed E-state index contributed by atoms with van der Waals surface area (Å²) in [6.07, 6.45) is 1.88. The van der Waals surface area contributed by atoms with Crippen LogP contribution in [0.4, 0.5) is 4.39 Å². The number of carbonyl (C=O) groups excluding carboxylic acids is 3. The van der Waals surface area contributed by atoms with Crippen LogP contribution >= 0.6 is 0 Å². The van der Waals surface area contributed by atoms with Crippen LogP contribution in [0.25, 0.3) is 10.9 Å². The molecule has 30 heavy (non-hydrogen) atoms. The maximum absolute atomic E-state index is 14.0. The van der Waals surface area contributed by atoms with Gasteiger partial charge in [-0.2, -0.15) is 0 Å². The smallest absolute Gasteiger partial charge is 0.243 e. The molecule has 0 aliphatic heterocycles. The van der Waals surface area contributed by atoms with Gasteiger partial charge in [0, 0.05) is 36.9 Å². The van der Waals surface area contributed by atoms with Crippen molar-refractivity contribution in [3.8, 4) is 0 Å². The van der Waals surface area contributed by atoms with E-state index < -0.39 is 35.6 Å². The number of benzene rings is 2. The minimum absolute atomic E-state index is 0.0589. The number of aromatic nitrogens is 1. The van der Waals surface area contributed by atoms with E-state index in [9.17, 15) is 18.8 Å². The molecular formula is C22H23FN4O3. The van der Waals surface area contributed by atoms with Crippen LogP contribution in [0.1, 0.15) is 18.1 Å². The topological polar surface area (TPSA) is 117 Å². The number of nitrogens with one attached hydrogen (secondary N) is 3. The van der Waals surface area contributed by atoms with Crippen LogP contribution in [0, 0.1) is 5.82 Å². The first-order chi connectivity index (χ1) is 14.3. The molecule has 0 radical (unpaired) electrons. The van der Waals surface area contributed by atoms with Crippen molar-refractivity contribution >= 4 is 28.6 Å². The Balaban J connectivity index is 1.78. The molecule has 0 unspecified atom stereocenters. The summed E-state index contributed by atoms with van der Waals surface area (Å²) in [5, 5.41) is 6.03.